The van der Waals surface area contributed by atoms with E-state index in [1.807, 2.05) is 12.1 Å². The number of hydrogen-bond donors (Lipinski definition) is 2. The summed E-state index contributed by atoms with van der Waals surface area (Å²) in [5.41, 5.74) is 0.963. The Hall–Kier alpha value is -1.91. The Balaban J connectivity index is 1.69. The summed E-state index contributed by atoms with van der Waals surface area (Å²) >= 11 is 0. The van der Waals surface area contributed by atoms with Gasteiger partial charge in [0.25, 0.3) is 0 Å². The van der Waals surface area contributed by atoms with Gasteiger partial charge in [-0.25, -0.2) is 0 Å². The second-order valence-electron chi connectivity index (χ2n) is 5.17. The molecule has 2 unspecified atom stereocenters. The Morgan fingerprint density at radius 1 is 1.30 bits per heavy atom. The molecule has 0 aromatic carbocycles. The first-order valence-corrected chi connectivity index (χ1v) is 7.16. The molecule has 5 heteroatoms. The largest absolute Gasteiger partial charge is 0.356 e. The molecule has 0 spiro atoms. The first kappa shape index (κ1) is 14.5. The lowest BCUT2D eigenvalue weighted by molar-refractivity contribution is -0.127. The summed E-state index contributed by atoms with van der Waals surface area (Å²) in [7, 11) is 0. The van der Waals surface area contributed by atoms with Gasteiger partial charge in [-0.3, -0.25) is 14.6 Å². The van der Waals surface area contributed by atoms with Crippen LogP contribution in [0.15, 0.2) is 24.5 Å². The van der Waals surface area contributed by atoms with Gasteiger partial charge in [-0.15, -0.1) is 0 Å². The molecule has 1 aromatic rings. The fourth-order valence-electron chi connectivity index (χ4n) is 2.12. The van der Waals surface area contributed by atoms with Crippen LogP contribution in [0.4, 0.5) is 0 Å². The molecule has 2 rings (SSSR count). The Morgan fingerprint density at radius 3 is 2.70 bits per heavy atom. The minimum absolute atomic E-state index is 0.0139. The van der Waals surface area contributed by atoms with Crippen LogP contribution in [0.2, 0.25) is 0 Å². The molecule has 1 aliphatic carbocycles. The number of rotatable bonds is 7. The van der Waals surface area contributed by atoms with Crippen LogP contribution in [0, 0.1) is 11.8 Å². The molecule has 108 valence electrons. The highest BCUT2D eigenvalue weighted by Gasteiger charge is 2.47. The van der Waals surface area contributed by atoms with E-state index in [0.717, 1.165) is 18.4 Å². The van der Waals surface area contributed by atoms with Crippen molar-refractivity contribution in [3.63, 3.8) is 0 Å². The molecule has 0 aliphatic heterocycles. The summed E-state index contributed by atoms with van der Waals surface area (Å²) in [5, 5.41) is 5.73. The van der Waals surface area contributed by atoms with Crippen molar-refractivity contribution in [3.8, 4) is 0 Å². The van der Waals surface area contributed by atoms with Gasteiger partial charge in [-0.1, -0.05) is 19.4 Å². The Kier molecular flexibility index (Phi) is 5.09. The van der Waals surface area contributed by atoms with Gasteiger partial charge in [-0.2, -0.15) is 0 Å². The van der Waals surface area contributed by atoms with E-state index in [2.05, 4.69) is 22.5 Å². The molecule has 2 amide bonds. The number of amides is 2. The number of carbonyl (C=O) groups excluding carboxylic acids is 2. The zero-order chi connectivity index (χ0) is 14.4. The standard InChI is InChI=1S/C15H21N3O2/c1-2-3-7-17-14(19)12-8-13(12)15(20)18-10-11-5-4-6-16-9-11/h4-6,9,12-13H,2-3,7-8,10H2,1H3,(H,17,19)(H,18,20). The lowest BCUT2D eigenvalue weighted by Crippen LogP contribution is -2.30. The number of pyridine rings is 1. The van der Waals surface area contributed by atoms with Crippen molar-refractivity contribution in [2.75, 3.05) is 6.54 Å². The van der Waals surface area contributed by atoms with E-state index >= 15 is 0 Å². The van der Waals surface area contributed by atoms with E-state index in [9.17, 15) is 9.59 Å². The third-order valence-electron chi connectivity index (χ3n) is 3.48. The summed E-state index contributed by atoms with van der Waals surface area (Å²) < 4.78 is 0. The minimum Gasteiger partial charge on any atom is -0.356 e. The van der Waals surface area contributed by atoms with Gasteiger partial charge in [-0.05, 0) is 24.5 Å². The molecule has 0 saturated heterocycles. The molecule has 2 N–H and O–H groups in total. The van der Waals surface area contributed by atoms with Crippen molar-refractivity contribution in [2.24, 2.45) is 11.8 Å². The molecule has 1 aromatic heterocycles. The Bertz CT molecular complexity index is 461. The first-order valence-electron chi connectivity index (χ1n) is 7.16. The lowest BCUT2D eigenvalue weighted by atomic mass is 10.2. The van der Waals surface area contributed by atoms with Crippen molar-refractivity contribution in [1.29, 1.82) is 0 Å². The third kappa shape index (κ3) is 4.05. The maximum Gasteiger partial charge on any atom is 0.224 e. The van der Waals surface area contributed by atoms with Crippen LogP contribution >= 0.6 is 0 Å². The number of carbonyl (C=O) groups is 2. The smallest absolute Gasteiger partial charge is 0.224 e. The predicted molar refractivity (Wildman–Crippen MR) is 75.6 cm³/mol. The summed E-state index contributed by atoms with van der Waals surface area (Å²) in [6, 6.07) is 3.75. The van der Waals surface area contributed by atoms with Gasteiger partial charge in [0.15, 0.2) is 0 Å². The highest BCUT2D eigenvalue weighted by atomic mass is 16.2. The van der Waals surface area contributed by atoms with Crippen molar-refractivity contribution in [1.82, 2.24) is 15.6 Å². The predicted octanol–water partition coefficient (Wildman–Crippen LogP) is 1.25. The molecule has 20 heavy (non-hydrogen) atoms. The number of unbranched alkanes of at least 4 members (excludes halogenated alkanes) is 1. The molecule has 0 radical (unpaired) electrons. The summed E-state index contributed by atoms with van der Waals surface area (Å²) in [4.78, 5) is 27.7. The molecule has 1 saturated carbocycles. The van der Waals surface area contributed by atoms with Gasteiger partial charge in [0.2, 0.25) is 11.8 Å². The second-order valence-corrected chi connectivity index (χ2v) is 5.17. The van der Waals surface area contributed by atoms with E-state index in [0.29, 0.717) is 19.5 Å². The number of nitrogens with one attached hydrogen (secondary N) is 2. The zero-order valence-corrected chi connectivity index (χ0v) is 11.8. The first-order chi connectivity index (χ1) is 9.72. The van der Waals surface area contributed by atoms with Gasteiger partial charge in [0.1, 0.15) is 0 Å². The monoisotopic (exact) mass is 275 g/mol. The van der Waals surface area contributed by atoms with E-state index < -0.39 is 0 Å². The fourth-order valence-corrected chi connectivity index (χ4v) is 2.12. The van der Waals surface area contributed by atoms with Gasteiger partial charge in [0.05, 0.1) is 11.8 Å². The van der Waals surface area contributed by atoms with E-state index in [1.54, 1.807) is 12.4 Å². The SMILES string of the molecule is CCCCNC(=O)C1CC1C(=O)NCc1cccnc1. The Morgan fingerprint density at radius 2 is 2.05 bits per heavy atom. The van der Waals surface area contributed by atoms with Crippen molar-refractivity contribution < 1.29 is 9.59 Å². The molecule has 1 heterocycles. The molecule has 0 bridgehead atoms. The maximum absolute atomic E-state index is 11.9. The number of hydrogen-bond acceptors (Lipinski definition) is 3. The summed E-state index contributed by atoms with van der Waals surface area (Å²) in [5.74, 6) is -0.321. The molecule has 1 aliphatic rings. The molecule has 5 nitrogen and oxygen atoms in total. The number of aromatic nitrogens is 1. The van der Waals surface area contributed by atoms with Gasteiger partial charge in [0, 0.05) is 25.5 Å². The van der Waals surface area contributed by atoms with Crippen LogP contribution < -0.4 is 10.6 Å². The van der Waals surface area contributed by atoms with Crippen LogP contribution in [-0.2, 0) is 16.1 Å². The van der Waals surface area contributed by atoms with Crippen molar-refractivity contribution >= 4 is 11.8 Å². The van der Waals surface area contributed by atoms with Crippen LogP contribution in [0.3, 0.4) is 0 Å². The highest BCUT2D eigenvalue weighted by molar-refractivity contribution is 5.92. The average molecular weight is 275 g/mol. The molecule has 1 fully saturated rings. The molecular weight excluding hydrogens is 254 g/mol. The van der Waals surface area contributed by atoms with Crippen molar-refractivity contribution in [3.05, 3.63) is 30.1 Å². The van der Waals surface area contributed by atoms with Crippen molar-refractivity contribution in [2.45, 2.75) is 32.7 Å². The van der Waals surface area contributed by atoms with Crippen LogP contribution in [0.25, 0.3) is 0 Å². The van der Waals surface area contributed by atoms with E-state index in [4.69, 9.17) is 0 Å². The van der Waals surface area contributed by atoms with E-state index in [1.165, 1.54) is 0 Å². The highest BCUT2D eigenvalue weighted by Crippen LogP contribution is 2.38. The third-order valence-corrected chi connectivity index (χ3v) is 3.48. The summed E-state index contributed by atoms with van der Waals surface area (Å²) in [6.45, 7) is 3.25. The zero-order valence-electron chi connectivity index (χ0n) is 11.8. The lowest BCUT2D eigenvalue weighted by Gasteiger charge is -2.05. The topological polar surface area (TPSA) is 71.1 Å². The fraction of sp³-hybridized carbons (Fsp3) is 0.533. The van der Waals surface area contributed by atoms with Gasteiger partial charge >= 0.3 is 0 Å². The maximum atomic E-state index is 11.9. The number of nitrogens with zero attached hydrogens (tertiary/aromatic N) is 1. The Labute approximate surface area is 119 Å². The molecule has 2 atom stereocenters. The normalized spacial score (nSPS) is 20.2. The molecular formula is C15H21N3O2. The quantitative estimate of drug-likeness (QED) is 0.736. The van der Waals surface area contributed by atoms with Crippen LogP contribution in [-0.4, -0.2) is 23.3 Å². The van der Waals surface area contributed by atoms with E-state index in [-0.39, 0.29) is 23.7 Å². The van der Waals surface area contributed by atoms with Gasteiger partial charge < -0.3 is 10.6 Å². The minimum atomic E-state index is -0.159. The second kappa shape index (κ2) is 7.03. The van der Waals surface area contributed by atoms with Crippen LogP contribution in [0.1, 0.15) is 31.7 Å². The summed E-state index contributed by atoms with van der Waals surface area (Å²) in [6.07, 6.45) is 6.12. The average Bonchev–Trinajstić information content (AvgIpc) is 3.26. The van der Waals surface area contributed by atoms with Crippen LogP contribution in [0.5, 0.6) is 0 Å².